The van der Waals surface area contributed by atoms with Crippen molar-refractivity contribution in [2.45, 2.75) is 26.4 Å². The van der Waals surface area contributed by atoms with Crippen LogP contribution in [-0.2, 0) is 0 Å². The Labute approximate surface area is 119 Å². The van der Waals surface area contributed by atoms with E-state index < -0.39 is 6.10 Å². The second-order valence-corrected chi connectivity index (χ2v) is 4.47. The molecule has 0 spiro atoms. The Hall–Kier alpha value is -2.00. The average molecular weight is 272 g/mol. The van der Waals surface area contributed by atoms with Crippen molar-refractivity contribution >= 4 is 0 Å². The Morgan fingerprint density at radius 1 is 0.950 bits per heavy atom. The number of aliphatic hydroxyl groups excluding tert-OH is 1. The number of para-hydroxylation sites is 1. The number of aliphatic hydroxyl groups is 1. The van der Waals surface area contributed by atoms with E-state index in [1.807, 2.05) is 62.4 Å². The van der Waals surface area contributed by atoms with Crippen LogP contribution in [0.3, 0.4) is 0 Å². The van der Waals surface area contributed by atoms with Gasteiger partial charge in [-0.2, -0.15) is 0 Å². The summed E-state index contributed by atoms with van der Waals surface area (Å²) in [6, 6.07) is 15.0. The van der Waals surface area contributed by atoms with Gasteiger partial charge in [0.15, 0.2) is 0 Å². The molecule has 0 radical (unpaired) electrons. The van der Waals surface area contributed by atoms with Gasteiger partial charge in [0, 0.05) is 5.56 Å². The van der Waals surface area contributed by atoms with E-state index in [2.05, 4.69) is 0 Å². The minimum Gasteiger partial charge on any atom is -0.494 e. The molecule has 0 aliphatic rings. The van der Waals surface area contributed by atoms with Gasteiger partial charge in [0.05, 0.1) is 12.7 Å². The first kappa shape index (κ1) is 14.4. The fraction of sp³-hybridized carbons (Fsp3) is 0.294. The Bertz CT molecular complexity index is 534. The third-order valence-corrected chi connectivity index (χ3v) is 3.03. The fourth-order valence-corrected chi connectivity index (χ4v) is 1.97. The minimum absolute atomic E-state index is 0.506. The van der Waals surface area contributed by atoms with Gasteiger partial charge in [-0.15, -0.1) is 0 Å². The zero-order chi connectivity index (χ0) is 14.4. The minimum atomic E-state index is -0.506. The van der Waals surface area contributed by atoms with Crippen molar-refractivity contribution in [1.82, 2.24) is 0 Å². The highest BCUT2D eigenvalue weighted by molar-refractivity contribution is 5.40. The van der Waals surface area contributed by atoms with Gasteiger partial charge in [-0.25, -0.2) is 0 Å². The summed E-state index contributed by atoms with van der Waals surface area (Å²) in [7, 11) is 0. The molecule has 0 fully saturated rings. The quantitative estimate of drug-likeness (QED) is 0.851. The summed E-state index contributed by atoms with van der Waals surface area (Å²) in [6.45, 7) is 4.54. The van der Waals surface area contributed by atoms with E-state index in [4.69, 9.17) is 9.47 Å². The molecular formula is C17H20O3. The highest BCUT2D eigenvalue weighted by atomic mass is 16.5. The largest absolute Gasteiger partial charge is 0.494 e. The molecule has 0 aliphatic heterocycles. The van der Waals surface area contributed by atoms with E-state index in [1.165, 1.54) is 0 Å². The number of hydrogen-bond donors (Lipinski definition) is 1. The van der Waals surface area contributed by atoms with Crippen molar-refractivity contribution in [3.8, 4) is 17.2 Å². The van der Waals surface area contributed by atoms with Gasteiger partial charge in [-0.05, 0) is 43.7 Å². The fourth-order valence-electron chi connectivity index (χ4n) is 1.97. The average Bonchev–Trinajstić information content (AvgIpc) is 2.49. The van der Waals surface area contributed by atoms with Crippen LogP contribution in [0.15, 0.2) is 48.5 Å². The molecule has 0 unspecified atom stereocenters. The molecule has 0 bridgehead atoms. The Morgan fingerprint density at radius 2 is 1.60 bits per heavy atom. The van der Waals surface area contributed by atoms with E-state index in [-0.39, 0.29) is 0 Å². The normalized spacial score (nSPS) is 11.9. The third-order valence-electron chi connectivity index (χ3n) is 3.03. The van der Waals surface area contributed by atoms with Gasteiger partial charge in [0.1, 0.15) is 17.2 Å². The van der Waals surface area contributed by atoms with Crippen LogP contribution in [-0.4, -0.2) is 11.7 Å². The smallest absolute Gasteiger partial charge is 0.133 e. The van der Waals surface area contributed by atoms with Crippen LogP contribution in [0.1, 0.15) is 31.9 Å². The summed E-state index contributed by atoms with van der Waals surface area (Å²) in [4.78, 5) is 0. The SMILES string of the molecule is CCOc1ccc(Oc2ccccc2[C@@H](O)CC)cc1. The van der Waals surface area contributed by atoms with Gasteiger partial charge < -0.3 is 14.6 Å². The molecule has 20 heavy (non-hydrogen) atoms. The second-order valence-electron chi connectivity index (χ2n) is 4.47. The molecule has 0 saturated carbocycles. The maximum Gasteiger partial charge on any atom is 0.133 e. The summed E-state index contributed by atoms with van der Waals surface area (Å²) in [5.74, 6) is 2.23. The second kappa shape index (κ2) is 6.96. The van der Waals surface area contributed by atoms with E-state index in [1.54, 1.807) is 0 Å². The first-order chi connectivity index (χ1) is 9.74. The maximum atomic E-state index is 10.0. The molecule has 0 aromatic heterocycles. The van der Waals surface area contributed by atoms with Crippen molar-refractivity contribution in [3.05, 3.63) is 54.1 Å². The highest BCUT2D eigenvalue weighted by Crippen LogP contribution is 2.31. The van der Waals surface area contributed by atoms with E-state index in [9.17, 15) is 5.11 Å². The lowest BCUT2D eigenvalue weighted by Gasteiger charge is -2.14. The van der Waals surface area contributed by atoms with E-state index >= 15 is 0 Å². The van der Waals surface area contributed by atoms with Gasteiger partial charge in [0.2, 0.25) is 0 Å². The number of hydrogen-bond acceptors (Lipinski definition) is 3. The topological polar surface area (TPSA) is 38.7 Å². The molecule has 0 heterocycles. The lowest BCUT2D eigenvalue weighted by molar-refractivity contribution is 0.170. The molecule has 0 amide bonds. The third kappa shape index (κ3) is 3.52. The monoisotopic (exact) mass is 272 g/mol. The van der Waals surface area contributed by atoms with Crippen molar-refractivity contribution < 1.29 is 14.6 Å². The first-order valence-corrected chi connectivity index (χ1v) is 6.92. The van der Waals surface area contributed by atoms with Crippen molar-refractivity contribution in [2.75, 3.05) is 6.61 Å². The zero-order valence-corrected chi connectivity index (χ0v) is 11.9. The summed E-state index contributed by atoms with van der Waals surface area (Å²) in [5.41, 5.74) is 0.809. The zero-order valence-electron chi connectivity index (χ0n) is 11.9. The van der Waals surface area contributed by atoms with Crippen molar-refractivity contribution in [1.29, 1.82) is 0 Å². The molecule has 106 valence electrons. The molecular weight excluding hydrogens is 252 g/mol. The van der Waals surface area contributed by atoms with Gasteiger partial charge >= 0.3 is 0 Å². The van der Waals surface area contributed by atoms with E-state index in [0.29, 0.717) is 18.8 Å². The molecule has 0 saturated heterocycles. The Balaban J connectivity index is 2.17. The number of ether oxygens (including phenoxy) is 2. The lowest BCUT2D eigenvalue weighted by Crippen LogP contribution is -1.98. The summed E-state index contributed by atoms with van der Waals surface area (Å²) in [6.07, 6.45) is 0.151. The lowest BCUT2D eigenvalue weighted by atomic mass is 10.1. The summed E-state index contributed by atoms with van der Waals surface area (Å²) in [5, 5.41) is 10.0. The van der Waals surface area contributed by atoms with Gasteiger partial charge in [0.25, 0.3) is 0 Å². The molecule has 2 aromatic carbocycles. The number of benzene rings is 2. The van der Waals surface area contributed by atoms with Crippen LogP contribution in [0.25, 0.3) is 0 Å². The van der Waals surface area contributed by atoms with Crippen LogP contribution in [0.5, 0.6) is 17.2 Å². The van der Waals surface area contributed by atoms with Crippen LogP contribution in [0.4, 0.5) is 0 Å². The predicted octanol–water partition coefficient (Wildman–Crippen LogP) is 4.32. The highest BCUT2D eigenvalue weighted by Gasteiger charge is 2.11. The van der Waals surface area contributed by atoms with Crippen LogP contribution >= 0.6 is 0 Å². The van der Waals surface area contributed by atoms with E-state index in [0.717, 1.165) is 17.1 Å². The van der Waals surface area contributed by atoms with Crippen molar-refractivity contribution in [2.24, 2.45) is 0 Å². The molecule has 3 nitrogen and oxygen atoms in total. The summed E-state index contributed by atoms with van der Waals surface area (Å²) < 4.78 is 11.2. The van der Waals surface area contributed by atoms with Crippen LogP contribution in [0, 0.1) is 0 Å². The number of rotatable bonds is 6. The molecule has 2 rings (SSSR count). The molecule has 3 heteroatoms. The van der Waals surface area contributed by atoms with Gasteiger partial charge in [-0.1, -0.05) is 25.1 Å². The van der Waals surface area contributed by atoms with Crippen molar-refractivity contribution in [3.63, 3.8) is 0 Å². The molecule has 1 N–H and O–H groups in total. The predicted molar refractivity (Wildman–Crippen MR) is 79.4 cm³/mol. The standard InChI is InChI=1S/C17H20O3/c1-3-16(18)15-7-5-6-8-17(15)20-14-11-9-13(10-12-14)19-4-2/h5-12,16,18H,3-4H2,1-2H3/t16-/m0/s1. The molecule has 2 aromatic rings. The van der Waals surface area contributed by atoms with Gasteiger partial charge in [-0.3, -0.25) is 0 Å². The molecule has 1 atom stereocenters. The maximum absolute atomic E-state index is 10.0. The molecule has 0 aliphatic carbocycles. The van der Waals surface area contributed by atoms with Crippen LogP contribution < -0.4 is 9.47 Å². The Kier molecular flexibility index (Phi) is 5.02. The van der Waals surface area contributed by atoms with Crippen LogP contribution in [0.2, 0.25) is 0 Å². The summed E-state index contributed by atoms with van der Waals surface area (Å²) >= 11 is 0. The first-order valence-electron chi connectivity index (χ1n) is 6.92. The Morgan fingerprint density at radius 3 is 2.25 bits per heavy atom.